The molecule has 5 heteroatoms. The molecule has 23 heavy (non-hydrogen) atoms. The number of carbonyl (C=O) groups excluding carboxylic acids is 1. The number of aromatic nitrogens is 1. The Morgan fingerprint density at radius 3 is 2.39 bits per heavy atom. The lowest BCUT2D eigenvalue weighted by Gasteiger charge is -2.04. The van der Waals surface area contributed by atoms with Crippen molar-refractivity contribution < 1.29 is 14.3 Å². The number of benzene rings is 2. The monoisotopic (exact) mass is 325 g/mol. The minimum absolute atomic E-state index is 0.396. The van der Waals surface area contributed by atoms with E-state index in [1.807, 2.05) is 29.6 Å². The molecule has 4 nitrogen and oxygen atoms in total. The number of hydrogen-bond donors (Lipinski definition) is 0. The number of aldehydes is 1. The Labute approximate surface area is 138 Å². The molecule has 0 aliphatic carbocycles. The molecule has 0 bridgehead atoms. The summed E-state index contributed by atoms with van der Waals surface area (Å²) in [7, 11) is 1.65. The molecule has 2 aromatic carbocycles. The summed E-state index contributed by atoms with van der Waals surface area (Å²) in [5.74, 6) is 1.54. The molecule has 1 aromatic heterocycles. The lowest BCUT2D eigenvalue weighted by molar-refractivity contribution is 0.112. The molecule has 0 N–H and O–H groups in total. The van der Waals surface area contributed by atoms with Crippen molar-refractivity contribution in [2.45, 2.75) is 6.61 Å². The van der Waals surface area contributed by atoms with E-state index >= 15 is 0 Å². The highest BCUT2D eigenvalue weighted by Gasteiger charge is 2.06. The van der Waals surface area contributed by atoms with Gasteiger partial charge >= 0.3 is 0 Å². The van der Waals surface area contributed by atoms with Gasteiger partial charge in [-0.05, 0) is 48.5 Å². The molecule has 0 saturated carbocycles. The Bertz CT molecular complexity index is 779. The van der Waals surface area contributed by atoms with Crippen molar-refractivity contribution in [3.05, 3.63) is 65.2 Å². The van der Waals surface area contributed by atoms with Gasteiger partial charge < -0.3 is 9.47 Å². The van der Waals surface area contributed by atoms with Gasteiger partial charge in [-0.25, -0.2) is 4.98 Å². The molecular formula is C18H15NO3S. The Kier molecular flexibility index (Phi) is 4.68. The van der Waals surface area contributed by atoms with Gasteiger partial charge in [-0.15, -0.1) is 11.3 Å². The molecule has 0 amide bonds. The van der Waals surface area contributed by atoms with E-state index < -0.39 is 0 Å². The summed E-state index contributed by atoms with van der Waals surface area (Å²) in [6.45, 7) is 0.396. The molecule has 0 fully saturated rings. The van der Waals surface area contributed by atoms with E-state index in [4.69, 9.17) is 9.47 Å². The maximum atomic E-state index is 10.6. The van der Waals surface area contributed by atoms with Gasteiger partial charge in [-0.3, -0.25) is 4.79 Å². The lowest BCUT2D eigenvalue weighted by Crippen LogP contribution is -1.96. The summed E-state index contributed by atoms with van der Waals surface area (Å²) in [5.41, 5.74) is 2.56. The molecule has 0 aliphatic heterocycles. The molecule has 0 aliphatic rings. The fourth-order valence-corrected chi connectivity index (χ4v) is 2.85. The summed E-state index contributed by atoms with van der Waals surface area (Å²) < 4.78 is 10.8. The zero-order valence-electron chi connectivity index (χ0n) is 12.6. The first-order valence-corrected chi connectivity index (χ1v) is 7.93. The zero-order valence-corrected chi connectivity index (χ0v) is 13.4. The number of carbonyl (C=O) groups is 1. The van der Waals surface area contributed by atoms with Crippen LogP contribution in [0.2, 0.25) is 0 Å². The smallest absolute Gasteiger partial charge is 0.150 e. The predicted octanol–water partition coefficient (Wildman–Crippen LogP) is 4.21. The number of hydrogen-bond acceptors (Lipinski definition) is 5. The summed E-state index contributed by atoms with van der Waals surface area (Å²) in [4.78, 5) is 15.2. The highest BCUT2D eigenvalue weighted by molar-refractivity contribution is 7.13. The largest absolute Gasteiger partial charge is 0.497 e. The number of thiazole rings is 1. The summed E-state index contributed by atoms with van der Waals surface area (Å²) in [5, 5.41) is 2.93. The summed E-state index contributed by atoms with van der Waals surface area (Å²) in [6.07, 6.45) is 0.811. The third-order valence-corrected chi connectivity index (χ3v) is 4.23. The standard InChI is InChI=1S/C18H15NO3S/c1-21-16-8-4-14(5-9-16)18-19-15(12-23-18)11-22-17-6-2-13(10-20)3-7-17/h2-10,12H,11H2,1H3. The van der Waals surface area contributed by atoms with Crippen LogP contribution in [0.15, 0.2) is 53.9 Å². The first-order valence-electron chi connectivity index (χ1n) is 7.05. The molecule has 0 atom stereocenters. The van der Waals surface area contributed by atoms with E-state index in [0.717, 1.165) is 34.1 Å². The highest BCUT2D eigenvalue weighted by atomic mass is 32.1. The van der Waals surface area contributed by atoms with Crippen molar-refractivity contribution in [1.29, 1.82) is 0 Å². The molecule has 3 aromatic rings. The molecule has 0 unspecified atom stereocenters. The van der Waals surface area contributed by atoms with Crippen molar-refractivity contribution in [2.75, 3.05) is 7.11 Å². The van der Waals surface area contributed by atoms with Crippen molar-refractivity contribution in [1.82, 2.24) is 4.98 Å². The van der Waals surface area contributed by atoms with Gasteiger partial charge in [-0.2, -0.15) is 0 Å². The first-order chi connectivity index (χ1) is 11.3. The Hall–Kier alpha value is -2.66. The van der Waals surface area contributed by atoms with Crippen molar-refractivity contribution in [3.63, 3.8) is 0 Å². The van der Waals surface area contributed by atoms with E-state index in [9.17, 15) is 4.79 Å². The van der Waals surface area contributed by atoms with E-state index in [0.29, 0.717) is 12.2 Å². The third kappa shape index (κ3) is 3.76. The first kappa shape index (κ1) is 15.2. The van der Waals surface area contributed by atoms with E-state index in [2.05, 4.69) is 4.98 Å². The molecule has 0 spiro atoms. The number of methoxy groups -OCH3 is 1. The minimum atomic E-state index is 0.396. The van der Waals surface area contributed by atoms with Gasteiger partial charge in [0.1, 0.15) is 29.4 Å². The normalized spacial score (nSPS) is 10.3. The molecular weight excluding hydrogens is 310 g/mol. The van der Waals surface area contributed by atoms with Crippen molar-refractivity contribution in [2.24, 2.45) is 0 Å². The SMILES string of the molecule is COc1ccc(-c2nc(COc3ccc(C=O)cc3)cs2)cc1. The summed E-state index contributed by atoms with van der Waals surface area (Å²) >= 11 is 1.58. The molecule has 116 valence electrons. The van der Waals surface area contributed by atoms with E-state index in [1.54, 1.807) is 42.7 Å². The number of ether oxygens (including phenoxy) is 2. The van der Waals surface area contributed by atoms with Gasteiger partial charge in [0.15, 0.2) is 0 Å². The number of rotatable bonds is 6. The Morgan fingerprint density at radius 1 is 1.04 bits per heavy atom. The van der Waals surface area contributed by atoms with Crippen LogP contribution in [0, 0.1) is 0 Å². The van der Waals surface area contributed by atoms with Crippen LogP contribution in [0.25, 0.3) is 10.6 Å². The van der Waals surface area contributed by atoms with Gasteiger partial charge in [0, 0.05) is 16.5 Å². The van der Waals surface area contributed by atoms with Gasteiger partial charge in [0.05, 0.1) is 12.8 Å². The lowest BCUT2D eigenvalue weighted by atomic mass is 10.2. The Morgan fingerprint density at radius 2 is 1.74 bits per heavy atom. The molecule has 3 rings (SSSR count). The van der Waals surface area contributed by atoms with E-state index in [-0.39, 0.29) is 0 Å². The number of nitrogens with zero attached hydrogens (tertiary/aromatic N) is 1. The molecule has 0 saturated heterocycles. The van der Waals surface area contributed by atoms with E-state index in [1.165, 1.54) is 0 Å². The fraction of sp³-hybridized carbons (Fsp3) is 0.111. The topological polar surface area (TPSA) is 48.4 Å². The third-order valence-electron chi connectivity index (χ3n) is 3.29. The Balaban J connectivity index is 1.65. The average molecular weight is 325 g/mol. The zero-order chi connectivity index (χ0) is 16.1. The quantitative estimate of drug-likeness (QED) is 0.637. The maximum Gasteiger partial charge on any atom is 0.150 e. The van der Waals surface area contributed by atoms with Crippen LogP contribution in [0.5, 0.6) is 11.5 Å². The van der Waals surface area contributed by atoms with Crippen LogP contribution in [0.4, 0.5) is 0 Å². The van der Waals surface area contributed by atoms with Crippen LogP contribution in [0.3, 0.4) is 0 Å². The maximum absolute atomic E-state index is 10.6. The second kappa shape index (κ2) is 7.07. The van der Waals surface area contributed by atoms with Gasteiger partial charge in [-0.1, -0.05) is 0 Å². The van der Waals surface area contributed by atoms with Crippen LogP contribution in [0.1, 0.15) is 16.1 Å². The summed E-state index contributed by atoms with van der Waals surface area (Å²) in [6, 6.07) is 14.8. The minimum Gasteiger partial charge on any atom is -0.497 e. The highest BCUT2D eigenvalue weighted by Crippen LogP contribution is 2.26. The van der Waals surface area contributed by atoms with Crippen LogP contribution >= 0.6 is 11.3 Å². The average Bonchev–Trinajstić information content (AvgIpc) is 3.09. The van der Waals surface area contributed by atoms with Crippen LogP contribution in [-0.2, 0) is 6.61 Å². The predicted molar refractivity (Wildman–Crippen MR) is 90.3 cm³/mol. The second-order valence-electron chi connectivity index (χ2n) is 4.85. The van der Waals surface area contributed by atoms with Crippen molar-refractivity contribution in [3.8, 4) is 22.1 Å². The van der Waals surface area contributed by atoms with Crippen molar-refractivity contribution >= 4 is 17.6 Å². The fourth-order valence-electron chi connectivity index (χ4n) is 2.04. The van der Waals surface area contributed by atoms with Gasteiger partial charge in [0.25, 0.3) is 0 Å². The van der Waals surface area contributed by atoms with Crippen LogP contribution < -0.4 is 9.47 Å². The van der Waals surface area contributed by atoms with Gasteiger partial charge in [0.2, 0.25) is 0 Å². The molecule has 1 heterocycles. The van der Waals surface area contributed by atoms with Crippen LogP contribution in [-0.4, -0.2) is 18.4 Å². The second-order valence-corrected chi connectivity index (χ2v) is 5.71. The molecule has 0 radical (unpaired) electrons.